The number of para-hydroxylation sites is 1. The van der Waals surface area contributed by atoms with E-state index in [1.807, 2.05) is 0 Å². The molecule has 4 rings (SSSR count). The molecular formula is C22H21ClFN7O4S. The average Bonchev–Trinajstić information content (AvgIpc) is 3.27. The Morgan fingerprint density at radius 3 is 2.36 bits per heavy atom. The maximum Gasteiger partial charge on any atom is 0.243 e. The predicted molar refractivity (Wildman–Crippen MR) is 130 cm³/mol. The average molecular weight is 534 g/mol. The van der Waals surface area contributed by atoms with Gasteiger partial charge in [-0.05, 0) is 25.1 Å². The summed E-state index contributed by atoms with van der Waals surface area (Å²) >= 11 is 6.14. The van der Waals surface area contributed by atoms with Crippen molar-refractivity contribution in [3.8, 4) is 28.6 Å². The highest BCUT2D eigenvalue weighted by atomic mass is 35.5. The number of ether oxygens (including phenoxy) is 2. The van der Waals surface area contributed by atoms with Gasteiger partial charge in [-0.15, -0.1) is 10.2 Å². The topological polar surface area (TPSA) is 134 Å². The van der Waals surface area contributed by atoms with Crippen LogP contribution in [0.15, 0.2) is 49.1 Å². The normalized spacial score (nSPS) is 12.2. The number of nitrogens with one attached hydrogen (secondary N) is 1. The largest absolute Gasteiger partial charge is 0.494 e. The number of anilines is 1. The number of methoxy groups -OCH3 is 2. The van der Waals surface area contributed by atoms with Crippen LogP contribution in [0.3, 0.4) is 0 Å². The number of nitrogens with zero attached hydrogens (tertiary/aromatic N) is 6. The zero-order valence-electron chi connectivity index (χ0n) is 19.4. The summed E-state index contributed by atoms with van der Waals surface area (Å²) in [7, 11) is -1.10. The third-order valence-electron chi connectivity index (χ3n) is 5.16. The van der Waals surface area contributed by atoms with Crippen molar-refractivity contribution in [1.29, 1.82) is 0 Å². The smallest absolute Gasteiger partial charge is 0.243 e. The van der Waals surface area contributed by atoms with Gasteiger partial charge in [0.2, 0.25) is 16.0 Å². The van der Waals surface area contributed by atoms with E-state index in [-0.39, 0.29) is 24.0 Å². The minimum Gasteiger partial charge on any atom is -0.494 e. The highest BCUT2D eigenvalue weighted by molar-refractivity contribution is 7.93. The number of hydrogen-bond acceptors (Lipinski definition) is 9. The minimum absolute atomic E-state index is 0.0627. The van der Waals surface area contributed by atoms with E-state index in [9.17, 15) is 12.8 Å². The standard InChI is InChI=1S/C22H21ClFN7O4S/c1-13(7-19-26-11-16(24)12-27-19)36(32,33)30-22-29-28-21(14-8-15(23)10-25-9-14)31(22)20-17(34-2)5-4-6-18(20)35-3/h4-6,8-13H,7H2,1-3H3,(H,29,30)/t13-/m1/s1. The molecule has 3 heterocycles. The fourth-order valence-corrected chi connectivity index (χ4v) is 4.50. The second-order valence-corrected chi connectivity index (χ2v) is 10.1. The summed E-state index contributed by atoms with van der Waals surface area (Å²) in [4.78, 5) is 11.8. The van der Waals surface area contributed by atoms with Crippen molar-refractivity contribution >= 4 is 27.6 Å². The molecule has 0 saturated carbocycles. The van der Waals surface area contributed by atoms with Crippen molar-refractivity contribution in [2.75, 3.05) is 18.9 Å². The van der Waals surface area contributed by atoms with Crippen molar-refractivity contribution in [2.45, 2.75) is 18.6 Å². The molecule has 0 unspecified atom stereocenters. The first-order valence-corrected chi connectivity index (χ1v) is 12.4. The van der Waals surface area contributed by atoms with Gasteiger partial charge in [-0.25, -0.2) is 22.8 Å². The summed E-state index contributed by atoms with van der Waals surface area (Å²) in [5.74, 6) is 0.416. The van der Waals surface area contributed by atoms with E-state index in [2.05, 4.69) is 29.9 Å². The van der Waals surface area contributed by atoms with Crippen molar-refractivity contribution in [3.05, 3.63) is 65.7 Å². The van der Waals surface area contributed by atoms with Crippen LogP contribution in [0.2, 0.25) is 5.02 Å². The Kier molecular flexibility index (Phi) is 7.31. The third-order valence-corrected chi connectivity index (χ3v) is 7.06. The van der Waals surface area contributed by atoms with Crippen LogP contribution in [-0.2, 0) is 16.4 Å². The molecule has 1 atom stereocenters. The second-order valence-electron chi connectivity index (χ2n) is 7.56. The first-order chi connectivity index (χ1) is 17.2. The van der Waals surface area contributed by atoms with Gasteiger partial charge in [0.15, 0.2) is 11.6 Å². The summed E-state index contributed by atoms with van der Waals surface area (Å²) < 4.78 is 54.6. The molecule has 0 amide bonds. The molecule has 0 radical (unpaired) electrons. The molecule has 4 aromatic rings. The van der Waals surface area contributed by atoms with Crippen molar-refractivity contribution in [3.63, 3.8) is 0 Å². The lowest BCUT2D eigenvalue weighted by atomic mass is 10.2. The Labute approximate surface area is 211 Å². The van der Waals surface area contributed by atoms with Gasteiger partial charge in [0.25, 0.3) is 0 Å². The lowest BCUT2D eigenvalue weighted by Crippen LogP contribution is -2.29. The SMILES string of the molecule is COc1cccc(OC)c1-n1c(NS(=O)(=O)[C@H](C)Cc2ncc(F)cn2)nnc1-c1cncc(Cl)c1. The van der Waals surface area contributed by atoms with Crippen LogP contribution < -0.4 is 14.2 Å². The molecule has 0 spiro atoms. The highest BCUT2D eigenvalue weighted by Gasteiger charge is 2.28. The fraction of sp³-hybridized carbons (Fsp3) is 0.227. The summed E-state index contributed by atoms with van der Waals surface area (Å²) in [5, 5.41) is 7.65. The van der Waals surface area contributed by atoms with Crippen LogP contribution in [0.1, 0.15) is 12.7 Å². The van der Waals surface area contributed by atoms with Crippen LogP contribution in [0.25, 0.3) is 17.1 Å². The van der Waals surface area contributed by atoms with E-state index in [4.69, 9.17) is 21.1 Å². The number of hydrogen-bond donors (Lipinski definition) is 1. The molecule has 188 valence electrons. The van der Waals surface area contributed by atoms with Gasteiger partial charge in [-0.2, -0.15) is 0 Å². The molecule has 3 aromatic heterocycles. The quantitative estimate of drug-likeness (QED) is 0.344. The zero-order valence-corrected chi connectivity index (χ0v) is 21.0. The minimum atomic E-state index is -4.04. The maximum absolute atomic E-state index is 13.2. The molecule has 1 aromatic carbocycles. The van der Waals surface area contributed by atoms with Gasteiger partial charge in [-0.3, -0.25) is 14.3 Å². The second kappa shape index (κ2) is 10.4. The van der Waals surface area contributed by atoms with Crippen molar-refractivity contribution in [1.82, 2.24) is 29.7 Å². The summed E-state index contributed by atoms with van der Waals surface area (Å²) in [5.41, 5.74) is 0.830. The Morgan fingerprint density at radius 1 is 1.08 bits per heavy atom. The maximum atomic E-state index is 13.2. The number of rotatable bonds is 9. The van der Waals surface area contributed by atoms with Crippen LogP contribution in [-0.4, -0.2) is 57.6 Å². The molecule has 0 aliphatic rings. The number of sulfonamides is 1. The number of halogens is 2. The van der Waals surface area contributed by atoms with E-state index < -0.39 is 21.1 Å². The van der Waals surface area contributed by atoms with Crippen LogP contribution >= 0.6 is 11.6 Å². The van der Waals surface area contributed by atoms with E-state index in [1.165, 1.54) is 38.1 Å². The number of pyridine rings is 1. The summed E-state index contributed by atoms with van der Waals surface area (Å²) in [6.45, 7) is 1.47. The van der Waals surface area contributed by atoms with Gasteiger partial charge in [0, 0.05) is 24.4 Å². The van der Waals surface area contributed by atoms with Crippen LogP contribution in [0, 0.1) is 5.82 Å². The Balaban J connectivity index is 1.81. The van der Waals surface area contributed by atoms with Gasteiger partial charge in [0.1, 0.15) is 23.0 Å². The molecule has 0 saturated heterocycles. The molecular weight excluding hydrogens is 513 g/mol. The number of benzene rings is 1. The monoisotopic (exact) mass is 533 g/mol. The summed E-state index contributed by atoms with van der Waals surface area (Å²) in [6, 6.07) is 6.71. The van der Waals surface area contributed by atoms with Crippen molar-refractivity contribution in [2.24, 2.45) is 0 Å². The molecule has 1 N–H and O–H groups in total. The highest BCUT2D eigenvalue weighted by Crippen LogP contribution is 2.38. The molecule has 11 nitrogen and oxygen atoms in total. The Bertz CT molecular complexity index is 1460. The fourth-order valence-electron chi connectivity index (χ4n) is 3.37. The first kappa shape index (κ1) is 25.3. The van der Waals surface area contributed by atoms with Crippen LogP contribution in [0.5, 0.6) is 11.5 Å². The van der Waals surface area contributed by atoms with E-state index in [0.717, 1.165) is 12.4 Å². The molecule has 0 aliphatic carbocycles. The molecule has 0 bridgehead atoms. The van der Waals surface area contributed by atoms with E-state index in [1.54, 1.807) is 24.3 Å². The van der Waals surface area contributed by atoms with Gasteiger partial charge in [0.05, 0.1) is 36.9 Å². The number of aromatic nitrogens is 6. The Morgan fingerprint density at radius 2 is 1.75 bits per heavy atom. The first-order valence-electron chi connectivity index (χ1n) is 10.5. The molecule has 0 aliphatic heterocycles. The van der Waals surface area contributed by atoms with Gasteiger partial charge >= 0.3 is 0 Å². The van der Waals surface area contributed by atoms with Crippen molar-refractivity contribution < 1.29 is 22.3 Å². The Hall–Kier alpha value is -3.84. The van der Waals surface area contributed by atoms with Gasteiger partial charge < -0.3 is 9.47 Å². The van der Waals surface area contributed by atoms with Crippen LogP contribution in [0.4, 0.5) is 10.3 Å². The predicted octanol–water partition coefficient (Wildman–Crippen LogP) is 3.30. The lowest BCUT2D eigenvalue weighted by Gasteiger charge is -2.19. The van der Waals surface area contributed by atoms with E-state index in [0.29, 0.717) is 27.8 Å². The summed E-state index contributed by atoms with van der Waals surface area (Å²) in [6.07, 6.45) is 4.86. The van der Waals surface area contributed by atoms with E-state index >= 15 is 0 Å². The third kappa shape index (κ3) is 5.21. The van der Waals surface area contributed by atoms with Gasteiger partial charge in [-0.1, -0.05) is 17.7 Å². The molecule has 0 fully saturated rings. The lowest BCUT2D eigenvalue weighted by molar-refractivity contribution is 0.391. The zero-order chi connectivity index (χ0) is 25.9. The molecule has 14 heteroatoms. The molecule has 36 heavy (non-hydrogen) atoms.